The molecular formula is C15H20O2S. The standard InChI is InChI=1S/C15H20O2S/c1-14(2,3)13-17-15(4,12(16)18-13)10-11-8-6-5-7-9-11/h5-9,13H,10H2,1-4H3. The zero-order chi connectivity index (χ0) is 13.4. The number of thioether (sulfide) groups is 1. The second kappa shape index (κ2) is 4.71. The molecule has 1 aliphatic rings. The van der Waals surface area contributed by atoms with Crippen LogP contribution in [0.15, 0.2) is 30.3 Å². The first-order valence-electron chi connectivity index (χ1n) is 6.24. The fraction of sp³-hybridized carbons (Fsp3) is 0.533. The molecule has 1 fully saturated rings. The first kappa shape index (κ1) is 13.6. The number of hydrogen-bond acceptors (Lipinski definition) is 3. The molecule has 0 aliphatic carbocycles. The molecule has 2 unspecified atom stereocenters. The Morgan fingerprint density at radius 2 is 1.89 bits per heavy atom. The Bertz CT molecular complexity index is 436. The molecule has 18 heavy (non-hydrogen) atoms. The van der Waals surface area contributed by atoms with E-state index in [1.54, 1.807) is 0 Å². The average Bonchev–Trinajstić information content (AvgIpc) is 2.56. The van der Waals surface area contributed by atoms with Gasteiger partial charge in [-0.15, -0.1) is 0 Å². The van der Waals surface area contributed by atoms with E-state index in [0.29, 0.717) is 6.42 Å². The van der Waals surface area contributed by atoms with Crippen molar-refractivity contribution >= 4 is 16.9 Å². The van der Waals surface area contributed by atoms with E-state index in [-0.39, 0.29) is 16.0 Å². The van der Waals surface area contributed by atoms with Crippen molar-refractivity contribution in [1.29, 1.82) is 0 Å². The number of rotatable bonds is 2. The summed E-state index contributed by atoms with van der Waals surface area (Å²) in [7, 11) is 0. The van der Waals surface area contributed by atoms with Gasteiger partial charge in [0.2, 0.25) is 5.12 Å². The average molecular weight is 264 g/mol. The molecule has 0 saturated carbocycles. The predicted molar refractivity (Wildman–Crippen MR) is 75.5 cm³/mol. The number of benzene rings is 1. The molecule has 1 aromatic rings. The molecule has 0 N–H and O–H groups in total. The quantitative estimate of drug-likeness (QED) is 0.815. The molecule has 3 heteroatoms. The van der Waals surface area contributed by atoms with Crippen LogP contribution in [0.5, 0.6) is 0 Å². The zero-order valence-corrected chi connectivity index (χ0v) is 12.2. The fourth-order valence-corrected chi connectivity index (χ4v) is 3.16. The molecule has 0 spiro atoms. The first-order chi connectivity index (χ1) is 8.31. The minimum absolute atomic E-state index is 0.0191. The van der Waals surface area contributed by atoms with E-state index in [2.05, 4.69) is 20.8 Å². The Kier molecular flexibility index (Phi) is 3.56. The third kappa shape index (κ3) is 2.78. The minimum atomic E-state index is -0.691. The van der Waals surface area contributed by atoms with Crippen LogP contribution >= 0.6 is 11.8 Å². The van der Waals surface area contributed by atoms with E-state index in [0.717, 1.165) is 5.56 Å². The Labute approximate surface area is 113 Å². The molecule has 1 aliphatic heterocycles. The van der Waals surface area contributed by atoms with Crippen LogP contribution in [0.3, 0.4) is 0 Å². The van der Waals surface area contributed by atoms with Gasteiger partial charge in [0.25, 0.3) is 0 Å². The summed E-state index contributed by atoms with van der Waals surface area (Å²) in [4.78, 5) is 12.2. The Morgan fingerprint density at radius 1 is 1.28 bits per heavy atom. The van der Waals surface area contributed by atoms with Crippen molar-refractivity contribution < 1.29 is 9.53 Å². The molecule has 2 rings (SSSR count). The maximum absolute atomic E-state index is 12.2. The molecule has 98 valence electrons. The largest absolute Gasteiger partial charge is 0.351 e. The lowest BCUT2D eigenvalue weighted by molar-refractivity contribution is -0.133. The first-order valence-corrected chi connectivity index (χ1v) is 7.12. The molecule has 0 radical (unpaired) electrons. The number of carbonyl (C=O) groups is 1. The second-order valence-electron chi connectivity index (χ2n) is 6.11. The predicted octanol–water partition coefficient (Wildman–Crippen LogP) is 3.65. The summed E-state index contributed by atoms with van der Waals surface area (Å²) in [6.45, 7) is 8.21. The van der Waals surface area contributed by atoms with Crippen molar-refractivity contribution in [1.82, 2.24) is 0 Å². The molecule has 2 atom stereocenters. The maximum Gasteiger partial charge on any atom is 0.223 e. The van der Waals surface area contributed by atoms with Gasteiger partial charge in [0.1, 0.15) is 11.0 Å². The lowest BCUT2D eigenvalue weighted by atomic mass is 9.95. The van der Waals surface area contributed by atoms with Gasteiger partial charge in [-0.05, 0) is 17.9 Å². The number of ether oxygens (including phenoxy) is 1. The van der Waals surface area contributed by atoms with Crippen LogP contribution in [-0.2, 0) is 16.0 Å². The topological polar surface area (TPSA) is 26.3 Å². The summed E-state index contributed by atoms with van der Waals surface area (Å²) in [5, 5.41) is 0.145. The van der Waals surface area contributed by atoms with Gasteiger partial charge in [-0.3, -0.25) is 4.79 Å². The van der Waals surface area contributed by atoms with Gasteiger partial charge in [0.05, 0.1) is 0 Å². The number of hydrogen-bond donors (Lipinski definition) is 0. The second-order valence-corrected chi connectivity index (χ2v) is 7.15. The third-order valence-electron chi connectivity index (χ3n) is 3.10. The molecule has 0 amide bonds. The summed E-state index contributed by atoms with van der Waals surface area (Å²) in [5.41, 5.74) is 0.376. The smallest absolute Gasteiger partial charge is 0.223 e. The van der Waals surface area contributed by atoms with Crippen LogP contribution < -0.4 is 0 Å². The van der Waals surface area contributed by atoms with Crippen molar-refractivity contribution in [2.24, 2.45) is 5.41 Å². The van der Waals surface area contributed by atoms with Gasteiger partial charge in [-0.25, -0.2) is 0 Å². The maximum atomic E-state index is 12.2. The third-order valence-corrected chi connectivity index (χ3v) is 4.77. The molecule has 1 heterocycles. The van der Waals surface area contributed by atoms with Crippen LogP contribution in [0, 0.1) is 5.41 Å². The summed E-state index contributed by atoms with van der Waals surface area (Å²) in [6, 6.07) is 10.0. The number of carbonyl (C=O) groups excluding carboxylic acids is 1. The highest BCUT2D eigenvalue weighted by Crippen LogP contribution is 2.44. The van der Waals surface area contributed by atoms with Gasteiger partial charge >= 0.3 is 0 Å². The highest BCUT2D eigenvalue weighted by Gasteiger charge is 2.48. The summed E-state index contributed by atoms with van der Waals surface area (Å²) < 4.78 is 6.04. The summed E-state index contributed by atoms with van der Waals surface area (Å²) >= 11 is 1.34. The monoisotopic (exact) mass is 264 g/mol. The molecule has 1 saturated heterocycles. The van der Waals surface area contributed by atoms with Crippen molar-refractivity contribution in [2.75, 3.05) is 0 Å². The normalized spacial score (nSPS) is 28.7. The van der Waals surface area contributed by atoms with Crippen molar-refractivity contribution in [2.45, 2.75) is 45.2 Å². The van der Waals surface area contributed by atoms with Gasteiger partial charge in [-0.2, -0.15) is 0 Å². The minimum Gasteiger partial charge on any atom is -0.351 e. The van der Waals surface area contributed by atoms with E-state index < -0.39 is 5.60 Å². The Hall–Kier alpha value is -0.800. The van der Waals surface area contributed by atoms with E-state index in [1.165, 1.54) is 11.8 Å². The van der Waals surface area contributed by atoms with Gasteiger partial charge in [0, 0.05) is 6.42 Å². The molecule has 0 bridgehead atoms. The van der Waals surface area contributed by atoms with Gasteiger partial charge in [0.15, 0.2) is 0 Å². The lowest BCUT2D eigenvalue weighted by Crippen LogP contribution is -2.36. The highest BCUT2D eigenvalue weighted by molar-refractivity contribution is 8.14. The van der Waals surface area contributed by atoms with E-state index in [1.807, 2.05) is 37.3 Å². The Morgan fingerprint density at radius 3 is 2.39 bits per heavy atom. The van der Waals surface area contributed by atoms with Gasteiger partial charge < -0.3 is 4.74 Å². The van der Waals surface area contributed by atoms with E-state index >= 15 is 0 Å². The van der Waals surface area contributed by atoms with Crippen LogP contribution in [-0.4, -0.2) is 16.2 Å². The lowest BCUT2D eigenvalue weighted by Gasteiger charge is -2.28. The Balaban J connectivity index is 2.15. The summed E-state index contributed by atoms with van der Waals surface area (Å²) in [6.07, 6.45) is 0.645. The molecular weight excluding hydrogens is 244 g/mol. The highest BCUT2D eigenvalue weighted by atomic mass is 32.2. The fourth-order valence-electron chi connectivity index (χ4n) is 1.98. The summed E-state index contributed by atoms with van der Waals surface area (Å²) in [5.74, 6) is 0. The van der Waals surface area contributed by atoms with Crippen LogP contribution in [0.25, 0.3) is 0 Å². The molecule has 0 aromatic heterocycles. The van der Waals surface area contributed by atoms with Crippen LogP contribution in [0.2, 0.25) is 0 Å². The van der Waals surface area contributed by atoms with E-state index in [9.17, 15) is 4.79 Å². The van der Waals surface area contributed by atoms with Crippen molar-refractivity contribution in [3.63, 3.8) is 0 Å². The van der Waals surface area contributed by atoms with Crippen LogP contribution in [0.4, 0.5) is 0 Å². The molecule has 2 nitrogen and oxygen atoms in total. The zero-order valence-electron chi connectivity index (χ0n) is 11.4. The SMILES string of the molecule is CC1(Cc2ccccc2)OC(C(C)(C)C)SC1=O. The van der Waals surface area contributed by atoms with Crippen molar-refractivity contribution in [3.8, 4) is 0 Å². The van der Waals surface area contributed by atoms with Gasteiger partial charge in [-0.1, -0.05) is 62.9 Å². The van der Waals surface area contributed by atoms with Crippen LogP contribution in [0.1, 0.15) is 33.3 Å². The van der Waals surface area contributed by atoms with Crippen molar-refractivity contribution in [3.05, 3.63) is 35.9 Å². The van der Waals surface area contributed by atoms with E-state index in [4.69, 9.17) is 4.74 Å². The molecule has 1 aromatic carbocycles.